The number of nitro groups is 1. The second-order valence-electron chi connectivity index (χ2n) is 5.38. The molecule has 6 heteroatoms. The Labute approximate surface area is 111 Å². The van der Waals surface area contributed by atoms with Gasteiger partial charge in [0.25, 0.3) is 0 Å². The van der Waals surface area contributed by atoms with Crippen LogP contribution in [-0.2, 0) is 6.54 Å². The van der Waals surface area contributed by atoms with Crippen molar-refractivity contribution < 1.29 is 9.34 Å². The first-order valence-electron chi connectivity index (χ1n) is 6.94. The summed E-state index contributed by atoms with van der Waals surface area (Å²) < 4.78 is 5.26. The molecule has 0 spiro atoms. The Morgan fingerprint density at radius 2 is 2.32 bits per heavy atom. The molecule has 1 N–H and O–H groups in total. The zero-order valence-electron chi connectivity index (χ0n) is 10.9. The van der Waals surface area contributed by atoms with E-state index in [1.54, 1.807) is 6.07 Å². The van der Waals surface area contributed by atoms with Gasteiger partial charge in [-0.05, 0) is 44.8 Å². The van der Waals surface area contributed by atoms with Crippen molar-refractivity contribution in [2.45, 2.75) is 44.3 Å². The van der Waals surface area contributed by atoms with Gasteiger partial charge < -0.3 is 9.73 Å². The molecule has 0 saturated carbocycles. The van der Waals surface area contributed by atoms with Crippen LogP contribution in [0.3, 0.4) is 0 Å². The van der Waals surface area contributed by atoms with E-state index in [1.165, 1.54) is 31.7 Å². The van der Waals surface area contributed by atoms with Gasteiger partial charge in [-0.2, -0.15) is 0 Å². The summed E-state index contributed by atoms with van der Waals surface area (Å²) in [5.41, 5.74) is 0. The highest BCUT2D eigenvalue weighted by Crippen LogP contribution is 2.27. The van der Waals surface area contributed by atoms with Gasteiger partial charge >= 0.3 is 5.88 Å². The molecule has 2 aliphatic heterocycles. The quantitative estimate of drug-likeness (QED) is 0.665. The normalized spacial score (nSPS) is 28.0. The molecule has 2 atom stereocenters. The molecule has 104 valence electrons. The lowest BCUT2D eigenvalue weighted by molar-refractivity contribution is -0.402. The lowest BCUT2D eigenvalue weighted by Crippen LogP contribution is -2.43. The number of nitrogens with zero attached hydrogens (tertiary/aromatic N) is 2. The van der Waals surface area contributed by atoms with E-state index >= 15 is 0 Å². The summed E-state index contributed by atoms with van der Waals surface area (Å²) in [7, 11) is 0. The Morgan fingerprint density at radius 3 is 3.00 bits per heavy atom. The lowest BCUT2D eigenvalue weighted by Gasteiger charge is -2.28. The monoisotopic (exact) mass is 265 g/mol. The molecule has 0 amide bonds. The second kappa shape index (κ2) is 5.30. The van der Waals surface area contributed by atoms with E-state index in [0.717, 1.165) is 13.1 Å². The standard InChI is InChI=1S/C13H19N3O3/c17-16(18)13-6-5-10(19-13)9-15-8-2-4-12(15)11-3-1-7-14-11/h5-6,11-12,14H,1-4,7-9H2. The summed E-state index contributed by atoms with van der Waals surface area (Å²) >= 11 is 0. The van der Waals surface area contributed by atoms with Gasteiger partial charge in [-0.15, -0.1) is 0 Å². The third kappa shape index (κ3) is 2.64. The smallest absolute Gasteiger partial charge is 0.404 e. The van der Waals surface area contributed by atoms with Crippen LogP contribution in [0.4, 0.5) is 5.88 Å². The predicted molar refractivity (Wildman–Crippen MR) is 69.8 cm³/mol. The van der Waals surface area contributed by atoms with Gasteiger partial charge in [0, 0.05) is 12.1 Å². The minimum Gasteiger partial charge on any atom is -0.404 e. The van der Waals surface area contributed by atoms with Gasteiger partial charge in [-0.1, -0.05) is 0 Å². The van der Waals surface area contributed by atoms with E-state index in [9.17, 15) is 10.1 Å². The van der Waals surface area contributed by atoms with Crippen LogP contribution in [-0.4, -0.2) is 35.0 Å². The minimum atomic E-state index is -0.483. The van der Waals surface area contributed by atoms with Gasteiger partial charge in [0.05, 0.1) is 12.6 Å². The van der Waals surface area contributed by atoms with Crippen LogP contribution in [0.15, 0.2) is 16.5 Å². The molecule has 1 aromatic heterocycles. The van der Waals surface area contributed by atoms with Crippen LogP contribution in [0.1, 0.15) is 31.4 Å². The molecule has 0 radical (unpaired) electrons. The number of hydrogen-bond acceptors (Lipinski definition) is 5. The van der Waals surface area contributed by atoms with E-state index in [0.29, 0.717) is 24.4 Å². The van der Waals surface area contributed by atoms with Crippen molar-refractivity contribution in [3.8, 4) is 0 Å². The molecule has 2 unspecified atom stereocenters. The molecule has 1 aromatic rings. The zero-order chi connectivity index (χ0) is 13.2. The van der Waals surface area contributed by atoms with E-state index in [4.69, 9.17) is 4.42 Å². The molecule has 0 aliphatic carbocycles. The fourth-order valence-corrected chi connectivity index (χ4v) is 3.29. The third-order valence-electron chi connectivity index (χ3n) is 4.16. The van der Waals surface area contributed by atoms with E-state index in [-0.39, 0.29) is 5.88 Å². The third-order valence-corrected chi connectivity index (χ3v) is 4.16. The second-order valence-corrected chi connectivity index (χ2v) is 5.38. The summed E-state index contributed by atoms with van der Waals surface area (Å²) in [6.07, 6.45) is 4.90. The number of likely N-dealkylation sites (tertiary alicyclic amines) is 1. The molecule has 3 rings (SSSR count). The summed E-state index contributed by atoms with van der Waals surface area (Å²) in [4.78, 5) is 12.5. The molecule has 2 fully saturated rings. The molecule has 3 heterocycles. The van der Waals surface area contributed by atoms with E-state index < -0.39 is 4.92 Å². The largest absolute Gasteiger partial charge is 0.433 e. The maximum Gasteiger partial charge on any atom is 0.433 e. The minimum absolute atomic E-state index is 0.162. The molecular weight excluding hydrogens is 246 g/mol. The maximum atomic E-state index is 10.6. The SMILES string of the molecule is O=[N+]([O-])c1ccc(CN2CCCC2C2CCCN2)o1. The molecule has 0 bridgehead atoms. The van der Waals surface area contributed by atoms with Crippen molar-refractivity contribution in [1.82, 2.24) is 10.2 Å². The highest BCUT2D eigenvalue weighted by Gasteiger charge is 2.33. The topological polar surface area (TPSA) is 71.6 Å². The Balaban J connectivity index is 1.65. The first kappa shape index (κ1) is 12.6. The number of hydrogen-bond donors (Lipinski definition) is 1. The zero-order valence-corrected chi connectivity index (χ0v) is 10.9. The Hall–Kier alpha value is -1.40. The first-order chi connectivity index (χ1) is 9.24. The van der Waals surface area contributed by atoms with Crippen LogP contribution in [0.25, 0.3) is 0 Å². The number of rotatable bonds is 4. The number of nitrogens with one attached hydrogen (secondary N) is 1. The van der Waals surface area contributed by atoms with Gasteiger partial charge in [0.1, 0.15) is 10.7 Å². The molecule has 0 aromatic carbocycles. The van der Waals surface area contributed by atoms with E-state index in [1.807, 2.05) is 0 Å². The molecule has 2 saturated heterocycles. The summed E-state index contributed by atoms with van der Waals surface area (Å²) in [6, 6.07) is 4.28. The summed E-state index contributed by atoms with van der Waals surface area (Å²) in [5.74, 6) is 0.529. The Kier molecular flexibility index (Phi) is 3.52. The fraction of sp³-hybridized carbons (Fsp3) is 0.692. The van der Waals surface area contributed by atoms with Gasteiger partial charge in [0.15, 0.2) is 0 Å². The Bertz CT molecular complexity index is 454. The van der Waals surface area contributed by atoms with Crippen LogP contribution in [0.5, 0.6) is 0 Å². The van der Waals surface area contributed by atoms with Crippen molar-refractivity contribution in [3.05, 3.63) is 28.0 Å². The average Bonchev–Trinajstić information content (AvgIpc) is 3.09. The van der Waals surface area contributed by atoms with Gasteiger partial charge in [0.2, 0.25) is 0 Å². The number of furan rings is 1. The van der Waals surface area contributed by atoms with Crippen molar-refractivity contribution in [2.75, 3.05) is 13.1 Å². The van der Waals surface area contributed by atoms with Crippen molar-refractivity contribution in [1.29, 1.82) is 0 Å². The lowest BCUT2D eigenvalue weighted by atomic mass is 10.0. The van der Waals surface area contributed by atoms with E-state index in [2.05, 4.69) is 10.2 Å². The van der Waals surface area contributed by atoms with Crippen LogP contribution in [0, 0.1) is 10.1 Å². The summed E-state index contributed by atoms with van der Waals surface area (Å²) in [5, 5.41) is 14.2. The molecule has 2 aliphatic rings. The van der Waals surface area contributed by atoms with Crippen LogP contribution >= 0.6 is 0 Å². The Morgan fingerprint density at radius 1 is 1.42 bits per heavy atom. The highest BCUT2D eigenvalue weighted by atomic mass is 16.6. The van der Waals surface area contributed by atoms with Crippen LogP contribution < -0.4 is 5.32 Å². The average molecular weight is 265 g/mol. The van der Waals surface area contributed by atoms with Crippen LogP contribution in [0.2, 0.25) is 0 Å². The van der Waals surface area contributed by atoms with Gasteiger partial charge in [-0.3, -0.25) is 15.0 Å². The van der Waals surface area contributed by atoms with Crippen molar-refractivity contribution >= 4 is 5.88 Å². The first-order valence-corrected chi connectivity index (χ1v) is 6.94. The van der Waals surface area contributed by atoms with Crippen molar-refractivity contribution in [2.24, 2.45) is 0 Å². The molecule has 6 nitrogen and oxygen atoms in total. The van der Waals surface area contributed by atoms with Crippen molar-refractivity contribution in [3.63, 3.8) is 0 Å². The predicted octanol–water partition coefficient (Wildman–Crippen LogP) is 1.90. The van der Waals surface area contributed by atoms with Gasteiger partial charge in [-0.25, -0.2) is 0 Å². The molecule has 19 heavy (non-hydrogen) atoms. The molecular formula is C13H19N3O3. The maximum absolute atomic E-state index is 10.6. The summed E-state index contributed by atoms with van der Waals surface area (Å²) in [6.45, 7) is 2.84. The highest BCUT2D eigenvalue weighted by molar-refractivity contribution is 5.18. The fourth-order valence-electron chi connectivity index (χ4n) is 3.29.